The summed E-state index contributed by atoms with van der Waals surface area (Å²) in [5.74, 6) is 8.11. The van der Waals surface area contributed by atoms with Crippen molar-refractivity contribution in [1.82, 2.24) is 20.3 Å². The zero-order valence-electron chi connectivity index (χ0n) is 15.2. The normalized spacial score (nSPS) is 33.2. The molecule has 4 fully saturated rings. The molecule has 6 rings (SSSR count). The number of carbonyl (C=O) groups is 1. The van der Waals surface area contributed by atoms with Crippen molar-refractivity contribution in [2.24, 2.45) is 17.3 Å². The highest BCUT2D eigenvalue weighted by Crippen LogP contribution is 2.61. The van der Waals surface area contributed by atoms with E-state index in [1.165, 1.54) is 12.7 Å². The highest BCUT2D eigenvalue weighted by atomic mass is 16.2. The van der Waals surface area contributed by atoms with Crippen molar-refractivity contribution in [2.45, 2.75) is 44.1 Å². The molecule has 0 aliphatic heterocycles. The van der Waals surface area contributed by atoms with Gasteiger partial charge in [0.05, 0.1) is 0 Å². The van der Waals surface area contributed by atoms with E-state index in [0.717, 1.165) is 37.8 Å². The zero-order chi connectivity index (χ0) is 18.3. The predicted octanol–water partition coefficient (Wildman–Crippen LogP) is 2.99. The molecular formula is C22H22N4O. The van der Waals surface area contributed by atoms with E-state index in [1.807, 2.05) is 18.2 Å². The SMILES string of the molecule is O=C(NC12CC3CC(CC(C#Cc4ccccn4)(C3)C1)C2)c1ccncn1. The summed E-state index contributed by atoms with van der Waals surface area (Å²) in [6.45, 7) is 0. The summed E-state index contributed by atoms with van der Waals surface area (Å²) in [7, 11) is 0. The topological polar surface area (TPSA) is 67.8 Å². The first-order valence-corrected chi connectivity index (χ1v) is 9.67. The van der Waals surface area contributed by atoms with Gasteiger partial charge in [0.15, 0.2) is 0 Å². The van der Waals surface area contributed by atoms with Gasteiger partial charge in [-0.05, 0) is 74.5 Å². The van der Waals surface area contributed by atoms with Crippen LogP contribution in [0.1, 0.15) is 54.7 Å². The molecule has 2 aromatic heterocycles. The van der Waals surface area contributed by atoms with Gasteiger partial charge in [-0.25, -0.2) is 15.0 Å². The van der Waals surface area contributed by atoms with Crippen molar-refractivity contribution in [3.8, 4) is 11.8 Å². The number of rotatable bonds is 2. The van der Waals surface area contributed by atoms with Crippen LogP contribution in [0.5, 0.6) is 0 Å². The summed E-state index contributed by atoms with van der Waals surface area (Å²) < 4.78 is 0. The summed E-state index contributed by atoms with van der Waals surface area (Å²) in [6, 6.07) is 7.51. The number of hydrogen-bond donors (Lipinski definition) is 1. The van der Waals surface area contributed by atoms with Crippen molar-refractivity contribution in [3.63, 3.8) is 0 Å². The maximum absolute atomic E-state index is 12.8. The van der Waals surface area contributed by atoms with Gasteiger partial charge in [0.25, 0.3) is 5.91 Å². The lowest BCUT2D eigenvalue weighted by molar-refractivity contribution is -0.0484. The monoisotopic (exact) mass is 358 g/mol. The molecule has 1 N–H and O–H groups in total. The minimum Gasteiger partial charge on any atom is -0.345 e. The fourth-order valence-corrected chi connectivity index (χ4v) is 5.92. The zero-order valence-corrected chi connectivity index (χ0v) is 15.2. The fraction of sp³-hybridized carbons (Fsp3) is 0.455. The Labute approximate surface area is 159 Å². The molecule has 2 unspecified atom stereocenters. The molecule has 4 aliphatic carbocycles. The molecule has 0 spiro atoms. The molecule has 2 atom stereocenters. The number of hydrogen-bond acceptors (Lipinski definition) is 4. The van der Waals surface area contributed by atoms with E-state index in [-0.39, 0.29) is 16.9 Å². The van der Waals surface area contributed by atoms with Gasteiger partial charge in [-0.15, -0.1) is 0 Å². The molecule has 0 saturated heterocycles. The fourth-order valence-electron chi connectivity index (χ4n) is 5.92. The van der Waals surface area contributed by atoms with Crippen LogP contribution in [0.3, 0.4) is 0 Å². The number of aromatic nitrogens is 3. The largest absolute Gasteiger partial charge is 0.345 e. The lowest BCUT2D eigenvalue weighted by Crippen LogP contribution is -2.63. The van der Waals surface area contributed by atoms with E-state index in [0.29, 0.717) is 17.5 Å². The van der Waals surface area contributed by atoms with Crippen LogP contribution in [-0.2, 0) is 0 Å². The second-order valence-electron chi connectivity index (χ2n) is 8.54. The summed E-state index contributed by atoms with van der Waals surface area (Å²) in [5.41, 5.74) is 1.12. The minimum atomic E-state index is -0.148. The van der Waals surface area contributed by atoms with Crippen LogP contribution < -0.4 is 5.32 Å². The van der Waals surface area contributed by atoms with Gasteiger partial charge in [0.2, 0.25) is 0 Å². The van der Waals surface area contributed by atoms with Crippen molar-refractivity contribution >= 4 is 5.91 Å². The van der Waals surface area contributed by atoms with E-state index in [1.54, 1.807) is 18.5 Å². The molecule has 2 heterocycles. The van der Waals surface area contributed by atoms with Crippen LogP contribution >= 0.6 is 0 Å². The van der Waals surface area contributed by atoms with E-state index >= 15 is 0 Å². The standard InChI is InChI=1S/C22H22N4O/c27-20(19-5-8-23-15-25-19)26-22-12-16-9-17(13-22)11-21(10-16,14-22)6-4-18-3-1-2-7-24-18/h1-3,5,7-8,15-17H,9-14H2,(H,26,27). The molecule has 2 aromatic rings. The maximum Gasteiger partial charge on any atom is 0.270 e. The Balaban J connectivity index is 1.42. The third-order valence-corrected chi connectivity index (χ3v) is 6.38. The van der Waals surface area contributed by atoms with Crippen molar-refractivity contribution in [2.75, 3.05) is 0 Å². The quantitative estimate of drug-likeness (QED) is 0.838. The number of pyridine rings is 1. The maximum atomic E-state index is 12.8. The first-order valence-electron chi connectivity index (χ1n) is 9.67. The highest BCUT2D eigenvalue weighted by Gasteiger charge is 2.57. The molecule has 4 saturated carbocycles. The number of amides is 1. The second-order valence-corrected chi connectivity index (χ2v) is 8.54. The van der Waals surface area contributed by atoms with E-state index < -0.39 is 0 Å². The van der Waals surface area contributed by atoms with Crippen LogP contribution in [-0.4, -0.2) is 26.4 Å². The average molecular weight is 358 g/mol. The summed E-state index contributed by atoms with van der Waals surface area (Å²) in [5, 5.41) is 3.35. The van der Waals surface area contributed by atoms with Crippen molar-refractivity contribution < 1.29 is 4.79 Å². The Morgan fingerprint density at radius 2 is 1.93 bits per heavy atom. The van der Waals surface area contributed by atoms with Gasteiger partial charge in [-0.2, -0.15) is 0 Å². The van der Waals surface area contributed by atoms with Gasteiger partial charge in [0, 0.05) is 23.3 Å². The average Bonchev–Trinajstić information content (AvgIpc) is 2.67. The van der Waals surface area contributed by atoms with Crippen molar-refractivity contribution in [3.05, 3.63) is 54.4 Å². The lowest BCUT2D eigenvalue weighted by Gasteiger charge is -2.60. The first kappa shape index (κ1) is 16.4. The Kier molecular flexibility index (Phi) is 3.75. The third-order valence-electron chi connectivity index (χ3n) is 6.38. The number of nitrogens with one attached hydrogen (secondary N) is 1. The molecule has 5 heteroatoms. The number of carbonyl (C=O) groups excluding carboxylic acids is 1. The molecule has 1 amide bonds. The van der Waals surface area contributed by atoms with E-state index in [4.69, 9.17) is 0 Å². The predicted molar refractivity (Wildman–Crippen MR) is 100 cm³/mol. The van der Waals surface area contributed by atoms with Crippen LogP contribution in [0.2, 0.25) is 0 Å². The van der Waals surface area contributed by atoms with Crippen LogP contribution in [0.15, 0.2) is 43.0 Å². The van der Waals surface area contributed by atoms with E-state index in [9.17, 15) is 4.79 Å². The first-order chi connectivity index (χ1) is 13.1. The molecular weight excluding hydrogens is 336 g/mol. The Morgan fingerprint density at radius 1 is 1.07 bits per heavy atom. The highest BCUT2D eigenvalue weighted by molar-refractivity contribution is 5.92. The van der Waals surface area contributed by atoms with Gasteiger partial charge >= 0.3 is 0 Å². The second kappa shape index (κ2) is 6.16. The number of nitrogens with zero attached hydrogens (tertiary/aromatic N) is 3. The van der Waals surface area contributed by atoms with Crippen molar-refractivity contribution in [1.29, 1.82) is 0 Å². The summed E-state index contributed by atoms with van der Waals surface area (Å²) >= 11 is 0. The van der Waals surface area contributed by atoms with Gasteiger partial charge in [-0.3, -0.25) is 4.79 Å². The van der Waals surface area contributed by atoms with Crippen LogP contribution in [0.4, 0.5) is 0 Å². The Hall–Kier alpha value is -2.74. The minimum absolute atomic E-state index is 0.000552. The van der Waals surface area contributed by atoms with Crippen LogP contribution in [0.25, 0.3) is 0 Å². The van der Waals surface area contributed by atoms with Gasteiger partial charge < -0.3 is 5.32 Å². The lowest BCUT2D eigenvalue weighted by atomic mass is 9.47. The molecule has 136 valence electrons. The summed E-state index contributed by atoms with van der Waals surface area (Å²) in [6.07, 6.45) is 11.5. The molecule has 27 heavy (non-hydrogen) atoms. The van der Waals surface area contributed by atoms with Crippen LogP contribution in [0, 0.1) is 29.1 Å². The smallest absolute Gasteiger partial charge is 0.270 e. The van der Waals surface area contributed by atoms with E-state index in [2.05, 4.69) is 32.1 Å². The molecule has 4 aliphatic rings. The Morgan fingerprint density at radius 3 is 2.63 bits per heavy atom. The molecule has 4 bridgehead atoms. The van der Waals surface area contributed by atoms with Gasteiger partial charge in [0.1, 0.15) is 17.7 Å². The Bertz CT molecular complexity index is 902. The van der Waals surface area contributed by atoms with Gasteiger partial charge in [-0.1, -0.05) is 12.0 Å². The summed E-state index contributed by atoms with van der Waals surface area (Å²) in [4.78, 5) is 25.1. The molecule has 5 nitrogen and oxygen atoms in total. The third kappa shape index (κ3) is 3.10. The molecule has 0 radical (unpaired) electrons. The molecule has 0 aromatic carbocycles.